The highest BCUT2D eigenvalue weighted by molar-refractivity contribution is 5.90. The number of alkyl halides is 3. The Labute approximate surface area is 223 Å². The number of benzene rings is 1. The SMILES string of the molecule is CC(C)(C)OC(=O)N1CCC(n2cc(-c3cnc(N)c(-c4cc5c(C(F)(F)F)cccc5cn4)c3)cn2)CC1. The number of carbonyl (C=O) groups excluding carboxylic acids is 1. The van der Waals surface area contributed by atoms with Crippen LogP contribution in [0.3, 0.4) is 0 Å². The van der Waals surface area contributed by atoms with Gasteiger partial charge < -0.3 is 15.4 Å². The molecule has 2 N–H and O–H groups in total. The molecule has 8 nitrogen and oxygen atoms in total. The van der Waals surface area contributed by atoms with Crippen molar-refractivity contribution in [3.63, 3.8) is 0 Å². The molecule has 0 unspecified atom stereocenters. The van der Waals surface area contributed by atoms with Crippen molar-refractivity contribution in [3.05, 3.63) is 60.7 Å². The second-order valence-corrected chi connectivity index (χ2v) is 10.7. The van der Waals surface area contributed by atoms with Crippen LogP contribution in [0.1, 0.15) is 45.2 Å². The summed E-state index contributed by atoms with van der Waals surface area (Å²) in [7, 11) is 0. The van der Waals surface area contributed by atoms with Crippen LogP contribution in [0.25, 0.3) is 33.2 Å². The summed E-state index contributed by atoms with van der Waals surface area (Å²) in [4.78, 5) is 22.7. The van der Waals surface area contributed by atoms with Crippen molar-refractivity contribution in [1.29, 1.82) is 0 Å². The molecule has 1 amide bonds. The van der Waals surface area contributed by atoms with Crippen LogP contribution < -0.4 is 5.73 Å². The van der Waals surface area contributed by atoms with Gasteiger partial charge in [-0.1, -0.05) is 12.1 Å². The molecule has 0 bridgehead atoms. The van der Waals surface area contributed by atoms with Crippen LogP contribution in [0.5, 0.6) is 0 Å². The highest BCUT2D eigenvalue weighted by Gasteiger charge is 2.32. The number of likely N-dealkylation sites (tertiary alicyclic amines) is 1. The smallest absolute Gasteiger partial charge is 0.417 e. The van der Waals surface area contributed by atoms with E-state index >= 15 is 0 Å². The number of hydrogen-bond donors (Lipinski definition) is 1. The van der Waals surface area contributed by atoms with Crippen molar-refractivity contribution in [1.82, 2.24) is 24.6 Å². The molecule has 1 aromatic carbocycles. The molecule has 4 aromatic rings. The molecule has 1 aliphatic heterocycles. The summed E-state index contributed by atoms with van der Waals surface area (Å²) in [5, 5.41) is 4.96. The van der Waals surface area contributed by atoms with E-state index in [1.54, 1.807) is 29.4 Å². The molecule has 0 spiro atoms. The molecule has 1 fully saturated rings. The minimum atomic E-state index is -4.50. The number of pyridine rings is 2. The van der Waals surface area contributed by atoms with E-state index in [1.165, 1.54) is 18.3 Å². The Hall–Kier alpha value is -4.15. The first-order chi connectivity index (χ1) is 18.4. The molecule has 5 rings (SSSR count). The molecule has 0 saturated carbocycles. The van der Waals surface area contributed by atoms with Crippen molar-refractivity contribution < 1.29 is 22.7 Å². The maximum atomic E-state index is 13.6. The Bertz CT molecular complexity index is 1520. The lowest BCUT2D eigenvalue weighted by Gasteiger charge is -2.33. The van der Waals surface area contributed by atoms with Gasteiger partial charge in [0.2, 0.25) is 0 Å². The second kappa shape index (κ2) is 9.87. The topological polar surface area (TPSA) is 99.2 Å². The first-order valence-corrected chi connectivity index (χ1v) is 12.6. The summed E-state index contributed by atoms with van der Waals surface area (Å²) in [6.45, 7) is 6.66. The molecule has 1 aliphatic rings. The molecule has 0 aliphatic carbocycles. The molecule has 3 aromatic heterocycles. The standard InChI is InChI=1S/C28H29F3N6O2/c1-27(2,3)39-26(38)36-9-7-20(8-10-36)37-16-19(15-35-37)18-11-22(25(32)34-14-18)24-12-21-17(13-33-24)5-4-6-23(21)28(29,30)31/h4-6,11-16,20H,7-10H2,1-3H3,(H2,32,34). The Morgan fingerprint density at radius 2 is 1.77 bits per heavy atom. The number of nitrogens with zero attached hydrogens (tertiary/aromatic N) is 5. The van der Waals surface area contributed by atoms with Crippen LogP contribution in [0, 0.1) is 0 Å². The van der Waals surface area contributed by atoms with Crippen molar-refractivity contribution >= 4 is 22.7 Å². The van der Waals surface area contributed by atoms with Gasteiger partial charge in [-0.3, -0.25) is 9.67 Å². The zero-order valence-corrected chi connectivity index (χ0v) is 21.9. The van der Waals surface area contributed by atoms with E-state index in [1.807, 2.05) is 31.6 Å². The molecule has 204 valence electrons. The number of aromatic nitrogens is 4. The minimum Gasteiger partial charge on any atom is -0.444 e. The molecule has 4 heterocycles. The van der Waals surface area contributed by atoms with Crippen LogP contribution in [0.2, 0.25) is 0 Å². The quantitative estimate of drug-likeness (QED) is 0.327. The molecule has 0 radical (unpaired) electrons. The number of nitrogen functional groups attached to an aromatic ring is 1. The zero-order chi connectivity index (χ0) is 27.9. The fraction of sp³-hybridized carbons (Fsp3) is 0.357. The number of hydrogen-bond acceptors (Lipinski definition) is 6. The molecule has 39 heavy (non-hydrogen) atoms. The first-order valence-electron chi connectivity index (χ1n) is 12.6. The lowest BCUT2D eigenvalue weighted by molar-refractivity contribution is -0.136. The Balaban J connectivity index is 1.37. The van der Waals surface area contributed by atoms with Crippen LogP contribution in [0.4, 0.5) is 23.8 Å². The number of carbonyl (C=O) groups is 1. The number of halogens is 3. The van der Waals surface area contributed by atoms with Gasteiger partial charge in [-0.25, -0.2) is 9.78 Å². The molecule has 0 atom stereocenters. The number of ether oxygens (including phenoxy) is 1. The van der Waals surface area contributed by atoms with E-state index < -0.39 is 17.3 Å². The zero-order valence-electron chi connectivity index (χ0n) is 21.9. The van der Waals surface area contributed by atoms with Crippen LogP contribution in [-0.4, -0.2) is 49.4 Å². The number of amides is 1. The highest BCUT2D eigenvalue weighted by Crippen LogP contribution is 2.37. The number of piperidine rings is 1. The van der Waals surface area contributed by atoms with Gasteiger partial charge in [0.25, 0.3) is 0 Å². The molecular formula is C28H29F3N6O2. The summed E-state index contributed by atoms with van der Waals surface area (Å²) in [5.74, 6) is 0.164. The number of nitrogens with two attached hydrogens (primary N) is 1. The summed E-state index contributed by atoms with van der Waals surface area (Å²) < 4.78 is 48.2. The van der Waals surface area contributed by atoms with Crippen molar-refractivity contribution in [2.24, 2.45) is 0 Å². The van der Waals surface area contributed by atoms with Gasteiger partial charge in [0, 0.05) is 53.8 Å². The molecular weight excluding hydrogens is 509 g/mol. The Morgan fingerprint density at radius 1 is 1.03 bits per heavy atom. The summed E-state index contributed by atoms with van der Waals surface area (Å²) in [5.41, 5.74) is 7.09. The van der Waals surface area contributed by atoms with E-state index in [0.717, 1.165) is 24.5 Å². The normalized spacial score (nSPS) is 15.1. The molecule has 1 saturated heterocycles. The Kier molecular flexibility index (Phi) is 6.69. The van der Waals surface area contributed by atoms with E-state index in [9.17, 15) is 18.0 Å². The van der Waals surface area contributed by atoms with Gasteiger partial charge in [0.05, 0.1) is 23.5 Å². The third-order valence-electron chi connectivity index (χ3n) is 6.69. The fourth-order valence-corrected chi connectivity index (χ4v) is 4.73. The van der Waals surface area contributed by atoms with Crippen molar-refractivity contribution in [3.8, 4) is 22.4 Å². The van der Waals surface area contributed by atoms with Crippen molar-refractivity contribution in [2.45, 2.75) is 51.4 Å². The van der Waals surface area contributed by atoms with Crippen LogP contribution >= 0.6 is 0 Å². The van der Waals surface area contributed by atoms with Gasteiger partial charge in [-0.15, -0.1) is 0 Å². The van der Waals surface area contributed by atoms with Gasteiger partial charge in [0.1, 0.15) is 11.4 Å². The fourth-order valence-electron chi connectivity index (χ4n) is 4.73. The van der Waals surface area contributed by atoms with Gasteiger partial charge in [-0.2, -0.15) is 18.3 Å². The van der Waals surface area contributed by atoms with E-state index in [0.29, 0.717) is 35.3 Å². The predicted octanol–water partition coefficient (Wildman–Crippen LogP) is 6.33. The first kappa shape index (κ1) is 26.5. The van der Waals surface area contributed by atoms with Crippen LogP contribution in [-0.2, 0) is 10.9 Å². The average Bonchev–Trinajstić information content (AvgIpc) is 3.37. The predicted molar refractivity (Wildman–Crippen MR) is 142 cm³/mol. The van der Waals surface area contributed by atoms with Gasteiger partial charge in [0.15, 0.2) is 0 Å². The maximum absolute atomic E-state index is 13.6. The summed E-state index contributed by atoms with van der Waals surface area (Å²) in [6, 6.07) is 7.28. The van der Waals surface area contributed by atoms with E-state index in [2.05, 4.69) is 15.1 Å². The highest BCUT2D eigenvalue weighted by atomic mass is 19.4. The van der Waals surface area contributed by atoms with Gasteiger partial charge >= 0.3 is 12.3 Å². The molecule has 11 heteroatoms. The maximum Gasteiger partial charge on any atom is 0.417 e. The van der Waals surface area contributed by atoms with Crippen LogP contribution in [0.15, 0.2) is 55.1 Å². The number of rotatable bonds is 3. The number of fused-ring (bicyclic) bond motifs is 1. The Morgan fingerprint density at radius 3 is 2.46 bits per heavy atom. The second-order valence-electron chi connectivity index (χ2n) is 10.7. The third-order valence-corrected chi connectivity index (χ3v) is 6.69. The monoisotopic (exact) mass is 538 g/mol. The summed E-state index contributed by atoms with van der Waals surface area (Å²) >= 11 is 0. The minimum absolute atomic E-state index is 0.0466. The van der Waals surface area contributed by atoms with Crippen molar-refractivity contribution in [2.75, 3.05) is 18.8 Å². The average molecular weight is 539 g/mol. The van der Waals surface area contributed by atoms with E-state index in [4.69, 9.17) is 10.5 Å². The lowest BCUT2D eigenvalue weighted by atomic mass is 10.0. The van der Waals surface area contributed by atoms with Gasteiger partial charge in [-0.05, 0) is 57.2 Å². The number of anilines is 1. The third kappa shape index (κ3) is 5.67. The lowest BCUT2D eigenvalue weighted by Crippen LogP contribution is -2.42. The summed E-state index contributed by atoms with van der Waals surface area (Å²) in [6.07, 6.45) is 3.28. The van der Waals surface area contributed by atoms with E-state index in [-0.39, 0.29) is 23.3 Å². The largest absolute Gasteiger partial charge is 0.444 e.